The molecular formula is C25H37BrN2O6. The third kappa shape index (κ3) is 5.99. The maximum atomic E-state index is 13.9. The number of hydrogen-bond donors (Lipinski definition) is 2. The maximum Gasteiger partial charge on any atom is 0.328 e. The van der Waals surface area contributed by atoms with Gasteiger partial charge in [0.2, 0.25) is 12.3 Å². The average Bonchev–Trinajstić information content (AvgIpc) is 3.45. The molecule has 1 aliphatic heterocycles. The minimum atomic E-state index is -1.28. The van der Waals surface area contributed by atoms with Gasteiger partial charge >= 0.3 is 5.97 Å². The van der Waals surface area contributed by atoms with Gasteiger partial charge in [0, 0.05) is 18.0 Å². The van der Waals surface area contributed by atoms with Gasteiger partial charge in [-0.05, 0) is 36.0 Å². The molecule has 1 aromatic carbocycles. The van der Waals surface area contributed by atoms with E-state index in [0.29, 0.717) is 0 Å². The second kappa shape index (κ2) is 11.0. The molecule has 2 fully saturated rings. The molecule has 4 atom stereocenters. The fraction of sp³-hybridized carbons (Fsp3) is 0.680. The van der Waals surface area contributed by atoms with Crippen molar-refractivity contribution in [3.05, 3.63) is 34.3 Å². The van der Waals surface area contributed by atoms with Gasteiger partial charge in [0.05, 0.1) is 25.8 Å². The number of aliphatic hydroxyl groups excluding tert-OH is 1. The normalized spacial score (nSPS) is 25.4. The number of halogens is 1. The van der Waals surface area contributed by atoms with Gasteiger partial charge in [-0.15, -0.1) is 0 Å². The summed E-state index contributed by atoms with van der Waals surface area (Å²) in [6.07, 6.45) is 2.90. The molecule has 0 spiro atoms. The lowest BCUT2D eigenvalue weighted by molar-refractivity contribution is -0.171. The molecule has 8 nitrogen and oxygen atoms in total. The van der Waals surface area contributed by atoms with E-state index in [1.165, 1.54) is 12.0 Å². The number of ether oxygens (including phenoxy) is 3. The van der Waals surface area contributed by atoms with Crippen molar-refractivity contribution < 1.29 is 28.9 Å². The minimum absolute atomic E-state index is 0.0219. The van der Waals surface area contributed by atoms with Crippen LogP contribution in [-0.2, 0) is 29.4 Å². The fourth-order valence-electron chi connectivity index (χ4n) is 4.93. The summed E-state index contributed by atoms with van der Waals surface area (Å²) in [6.45, 7) is 5.91. The molecule has 1 saturated heterocycles. The molecule has 0 radical (unpaired) electrons. The second-order valence-electron chi connectivity index (χ2n) is 10.3. The van der Waals surface area contributed by atoms with Crippen molar-refractivity contribution in [2.24, 2.45) is 5.41 Å². The molecule has 1 aromatic rings. The van der Waals surface area contributed by atoms with Crippen LogP contribution in [0.3, 0.4) is 0 Å². The Hall–Kier alpha value is -1.52. The molecule has 2 N–H and O–H groups in total. The van der Waals surface area contributed by atoms with Gasteiger partial charge in [-0.3, -0.25) is 10.1 Å². The van der Waals surface area contributed by atoms with Crippen molar-refractivity contribution in [3.63, 3.8) is 0 Å². The molecule has 1 saturated carbocycles. The third-order valence-corrected chi connectivity index (χ3v) is 7.42. The van der Waals surface area contributed by atoms with Crippen LogP contribution in [-0.4, -0.2) is 67.2 Å². The van der Waals surface area contributed by atoms with Gasteiger partial charge in [-0.1, -0.05) is 61.7 Å². The summed E-state index contributed by atoms with van der Waals surface area (Å²) >= 11 is 3.45. The molecule has 34 heavy (non-hydrogen) atoms. The first-order valence-corrected chi connectivity index (χ1v) is 12.6. The summed E-state index contributed by atoms with van der Waals surface area (Å²) in [4.78, 5) is 28.2. The number of esters is 1. The fourth-order valence-corrected chi connectivity index (χ4v) is 5.19. The van der Waals surface area contributed by atoms with E-state index in [4.69, 9.17) is 14.2 Å². The Bertz CT molecular complexity index is 852. The van der Waals surface area contributed by atoms with Gasteiger partial charge in [0.15, 0.2) is 0 Å². The van der Waals surface area contributed by atoms with E-state index in [1.807, 2.05) is 45.0 Å². The number of likely N-dealkylation sites (tertiary alicyclic amines) is 1. The van der Waals surface area contributed by atoms with Gasteiger partial charge in [0.1, 0.15) is 11.6 Å². The number of rotatable bonds is 8. The summed E-state index contributed by atoms with van der Waals surface area (Å²) in [6, 6.07) is 6.05. The van der Waals surface area contributed by atoms with Crippen molar-refractivity contribution in [1.82, 2.24) is 10.2 Å². The van der Waals surface area contributed by atoms with E-state index in [-0.39, 0.29) is 25.0 Å². The summed E-state index contributed by atoms with van der Waals surface area (Å²) in [5.41, 5.74) is -0.558. The zero-order valence-electron chi connectivity index (χ0n) is 20.7. The number of methoxy groups -OCH3 is 2. The first-order valence-electron chi connectivity index (χ1n) is 11.8. The lowest BCUT2D eigenvalue weighted by Crippen LogP contribution is -2.58. The van der Waals surface area contributed by atoms with Crippen LogP contribution in [0.4, 0.5) is 0 Å². The number of benzene rings is 1. The zero-order valence-corrected chi connectivity index (χ0v) is 22.3. The van der Waals surface area contributed by atoms with E-state index in [1.54, 1.807) is 7.11 Å². The Morgan fingerprint density at radius 3 is 2.32 bits per heavy atom. The lowest BCUT2D eigenvalue weighted by atomic mass is 9.85. The van der Waals surface area contributed by atoms with Crippen LogP contribution >= 0.6 is 15.9 Å². The Balaban J connectivity index is 1.87. The first kappa shape index (κ1) is 27.1. The molecule has 0 bridgehead atoms. The largest absolute Gasteiger partial charge is 0.467 e. The van der Waals surface area contributed by atoms with Crippen molar-refractivity contribution in [2.45, 2.75) is 83.1 Å². The van der Waals surface area contributed by atoms with Crippen LogP contribution in [0.1, 0.15) is 58.4 Å². The summed E-state index contributed by atoms with van der Waals surface area (Å²) < 4.78 is 17.7. The number of aliphatic hydroxyl groups is 1. The van der Waals surface area contributed by atoms with E-state index in [9.17, 15) is 14.7 Å². The van der Waals surface area contributed by atoms with E-state index < -0.39 is 35.5 Å². The van der Waals surface area contributed by atoms with Crippen molar-refractivity contribution >= 4 is 27.8 Å². The number of carbonyl (C=O) groups is 2. The highest BCUT2D eigenvalue weighted by molar-refractivity contribution is 9.10. The lowest BCUT2D eigenvalue weighted by Gasteiger charge is -2.37. The second-order valence-corrected chi connectivity index (χ2v) is 11.2. The Morgan fingerprint density at radius 1 is 1.18 bits per heavy atom. The van der Waals surface area contributed by atoms with Crippen LogP contribution in [0.2, 0.25) is 0 Å². The minimum Gasteiger partial charge on any atom is -0.467 e. The quantitative estimate of drug-likeness (QED) is 0.385. The Labute approximate surface area is 210 Å². The van der Waals surface area contributed by atoms with Crippen LogP contribution in [0, 0.1) is 5.41 Å². The van der Waals surface area contributed by atoms with E-state index >= 15 is 0 Å². The SMILES string of the molecule is COC(=O)[C@@H]1C[C@@](OC)(c2ccc(Br)cc2)CN1C(=O)[C@@H](NC(O)OC1CCCC1)C(C)(C)C. The monoisotopic (exact) mass is 540 g/mol. The van der Waals surface area contributed by atoms with Crippen molar-refractivity contribution in [2.75, 3.05) is 20.8 Å². The summed E-state index contributed by atoms with van der Waals surface area (Å²) in [7, 11) is 2.90. The highest BCUT2D eigenvalue weighted by Crippen LogP contribution is 2.41. The summed E-state index contributed by atoms with van der Waals surface area (Å²) in [5.74, 6) is -0.812. The standard InChI is InChI=1S/C25H37BrN2O6/c1-24(2,3)20(27-23(31)34-18-8-6-7-9-18)21(29)28-15-25(33-5,14-19(28)22(30)32-4)16-10-12-17(26)13-11-16/h10-13,18-20,23,27,31H,6-9,14-15H2,1-5H3/t19-,20+,23?,25-/m0/s1. The molecule has 1 heterocycles. The molecule has 9 heteroatoms. The zero-order chi connectivity index (χ0) is 25.1. The van der Waals surface area contributed by atoms with Crippen LogP contribution in [0.25, 0.3) is 0 Å². The summed E-state index contributed by atoms with van der Waals surface area (Å²) in [5, 5.41) is 13.6. The number of nitrogens with zero attached hydrogens (tertiary/aromatic N) is 1. The Kier molecular flexibility index (Phi) is 8.79. The number of nitrogens with one attached hydrogen (secondary N) is 1. The van der Waals surface area contributed by atoms with E-state index in [0.717, 1.165) is 35.7 Å². The Morgan fingerprint density at radius 2 is 1.79 bits per heavy atom. The van der Waals surface area contributed by atoms with E-state index in [2.05, 4.69) is 21.2 Å². The predicted octanol–water partition coefficient (Wildman–Crippen LogP) is 3.30. The number of amides is 1. The van der Waals surface area contributed by atoms with Gasteiger partial charge < -0.3 is 24.2 Å². The predicted molar refractivity (Wildman–Crippen MR) is 131 cm³/mol. The molecular weight excluding hydrogens is 504 g/mol. The topological polar surface area (TPSA) is 97.3 Å². The molecule has 3 rings (SSSR count). The average molecular weight is 541 g/mol. The van der Waals surface area contributed by atoms with Gasteiger partial charge in [0.25, 0.3) is 0 Å². The van der Waals surface area contributed by atoms with Crippen LogP contribution in [0.5, 0.6) is 0 Å². The molecule has 1 aliphatic carbocycles. The third-order valence-electron chi connectivity index (χ3n) is 6.89. The number of carbonyl (C=O) groups excluding carboxylic acids is 2. The highest BCUT2D eigenvalue weighted by Gasteiger charge is 2.53. The van der Waals surface area contributed by atoms with Gasteiger partial charge in [-0.2, -0.15) is 0 Å². The van der Waals surface area contributed by atoms with Crippen LogP contribution in [0.15, 0.2) is 28.7 Å². The molecule has 1 unspecified atom stereocenters. The smallest absolute Gasteiger partial charge is 0.328 e. The maximum absolute atomic E-state index is 13.9. The molecule has 0 aromatic heterocycles. The highest BCUT2D eigenvalue weighted by atomic mass is 79.9. The van der Waals surface area contributed by atoms with Crippen LogP contribution < -0.4 is 5.32 Å². The van der Waals surface area contributed by atoms with Gasteiger partial charge in [-0.25, -0.2) is 4.79 Å². The van der Waals surface area contributed by atoms with Crippen molar-refractivity contribution in [1.29, 1.82) is 0 Å². The molecule has 2 aliphatic rings. The van der Waals surface area contributed by atoms with Crippen molar-refractivity contribution in [3.8, 4) is 0 Å². The molecule has 190 valence electrons. The first-order chi connectivity index (χ1) is 16.0. The number of hydrogen-bond acceptors (Lipinski definition) is 7. The molecule has 1 amide bonds.